The highest BCUT2D eigenvalue weighted by atomic mass is 16.1. The Balaban J connectivity index is 2.23. The number of benzene rings is 1. The van der Waals surface area contributed by atoms with Crippen LogP contribution in [0.5, 0.6) is 0 Å². The first-order valence-corrected chi connectivity index (χ1v) is 9.36. The number of nitrogens with zero attached hydrogens (tertiary/aromatic N) is 1. The monoisotopic (exact) mass is 326 g/mol. The van der Waals surface area contributed by atoms with Crippen molar-refractivity contribution in [1.82, 2.24) is 4.98 Å². The molecule has 1 aromatic heterocycles. The third-order valence-corrected chi connectivity index (χ3v) is 4.71. The van der Waals surface area contributed by atoms with Crippen LogP contribution in [0.2, 0.25) is 0 Å². The van der Waals surface area contributed by atoms with Crippen molar-refractivity contribution in [1.29, 1.82) is 0 Å². The summed E-state index contributed by atoms with van der Waals surface area (Å²) < 4.78 is 0. The fraction of sp³-hybridized carbons (Fsp3) is 0.524. The molecular formula is C21H30N2O. The van der Waals surface area contributed by atoms with Crippen molar-refractivity contribution in [2.45, 2.75) is 71.1 Å². The van der Waals surface area contributed by atoms with Gasteiger partial charge in [-0.3, -0.25) is 9.78 Å². The van der Waals surface area contributed by atoms with Gasteiger partial charge in [0.15, 0.2) is 0 Å². The lowest BCUT2D eigenvalue weighted by Gasteiger charge is -2.17. The number of rotatable bonds is 10. The summed E-state index contributed by atoms with van der Waals surface area (Å²) in [6.45, 7) is 4.45. The molecular weight excluding hydrogens is 296 g/mol. The van der Waals surface area contributed by atoms with Crippen molar-refractivity contribution in [2.75, 3.05) is 0 Å². The molecule has 1 heterocycles. The van der Waals surface area contributed by atoms with Crippen molar-refractivity contribution >= 4 is 16.8 Å². The number of carbonyl (C=O) groups is 1. The molecule has 0 aliphatic carbocycles. The van der Waals surface area contributed by atoms with Gasteiger partial charge in [0.25, 0.3) is 0 Å². The van der Waals surface area contributed by atoms with Crippen LogP contribution < -0.4 is 5.73 Å². The number of unbranched alkanes of at least 4 members (excludes halogenated alkanes) is 4. The molecule has 0 aliphatic heterocycles. The van der Waals surface area contributed by atoms with Gasteiger partial charge < -0.3 is 5.73 Å². The zero-order valence-electron chi connectivity index (χ0n) is 15.1. The van der Waals surface area contributed by atoms with Gasteiger partial charge in [-0.25, -0.2) is 0 Å². The Morgan fingerprint density at radius 1 is 1.04 bits per heavy atom. The van der Waals surface area contributed by atoms with Crippen molar-refractivity contribution in [3.8, 4) is 0 Å². The van der Waals surface area contributed by atoms with E-state index in [2.05, 4.69) is 13.8 Å². The minimum atomic E-state index is -0.368. The molecule has 1 unspecified atom stereocenters. The van der Waals surface area contributed by atoms with Gasteiger partial charge in [-0.15, -0.1) is 0 Å². The first-order valence-electron chi connectivity index (χ1n) is 9.36. The van der Waals surface area contributed by atoms with Gasteiger partial charge in [0.1, 0.15) is 0 Å². The van der Waals surface area contributed by atoms with E-state index in [-0.39, 0.29) is 5.91 Å². The van der Waals surface area contributed by atoms with Crippen molar-refractivity contribution in [3.05, 3.63) is 41.6 Å². The molecule has 24 heavy (non-hydrogen) atoms. The molecule has 0 fully saturated rings. The maximum atomic E-state index is 11.9. The summed E-state index contributed by atoms with van der Waals surface area (Å²) >= 11 is 0. The summed E-state index contributed by atoms with van der Waals surface area (Å²) in [5.41, 5.74) is 8.11. The van der Waals surface area contributed by atoms with E-state index in [1.54, 1.807) is 0 Å². The molecule has 1 amide bonds. The molecule has 0 radical (unpaired) electrons. The van der Waals surface area contributed by atoms with Crippen LogP contribution >= 0.6 is 0 Å². The molecule has 0 saturated heterocycles. The maximum Gasteiger partial charge on any atom is 0.249 e. The number of nitrogens with two attached hydrogens (primary N) is 1. The van der Waals surface area contributed by atoms with Gasteiger partial charge in [-0.1, -0.05) is 70.6 Å². The van der Waals surface area contributed by atoms with Gasteiger partial charge in [0.2, 0.25) is 5.91 Å². The Morgan fingerprint density at radius 3 is 2.50 bits per heavy atom. The highest BCUT2D eigenvalue weighted by Crippen LogP contribution is 2.29. The van der Waals surface area contributed by atoms with Gasteiger partial charge in [-0.2, -0.15) is 0 Å². The van der Waals surface area contributed by atoms with Crippen LogP contribution in [-0.4, -0.2) is 10.9 Å². The smallest absolute Gasteiger partial charge is 0.249 e. The van der Waals surface area contributed by atoms with Crippen LogP contribution in [0, 0.1) is 0 Å². The number of pyridine rings is 1. The van der Waals surface area contributed by atoms with Gasteiger partial charge in [-0.05, 0) is 25.0 Å². The van der Waals surface area contributed by atoms with E-state index >= 15 is 0 Å². The van der Waals surface area contributed by atoms with Crippen LogP contribution in [0.3, 0.4) is 0 Å². The Hall–Kier alpha value is -1.90. The molecule has 2 aromatic rings. The predicted molar refractivity (Wildman–Crippen MR) is 101 cm³/mol. The molecule has 130 valence electrons. The number of primary amides is 1. The summed E-state index contributed by atoms with van der Waals surface area (Å²) in [6, 6.07) is 9.70. The first kappa shape index (κ1) is 18.4. The lowest BCUT2D eigenvalue weighted by atomic mass is 9.91. The van der Waals surface area contributed by atoms with E-state index in [4.69, 9.17) is 10.7 Å². The lowest BCUT2D eigenvalue weighted by Crippen LogP contribution is -2.14. The average Bonchev–Trinajstić information content (AvgIpc) is 2.59. The van der Waals surface area contributed by atoms with E-state index < -0.39 is 0 Å². The van der Waals surface area contributed by atoms with E-state index in [0.29, 0.717) is 11.5 Å². The molecule has 1 atom stereocenters. The Kier molecular flexibility index (Phi) is 7.23. The minimum absolute atomic E-state index is 0.368. The number of amides is 1. The molecule has 0 spiro atoms. The summed E-state index contributed by atoms with van der Waals surface area (Å²) in [5, 5.41) is 0.854. The fourth-order valence-corrected chi connectivity index (χ4v) is 3.39. The SMILES string of the molecule is CCCCCCCC(CCC)c1cc(C(N)=O)c2ccccc2n1. The molecule has 3 heteroatoms. The third-order valence-electron chi connectivity index (χ3n) is 4.71. The lowest BCUT2D eigenvalue weighted by molar-refractivity contribution is 0.100. The maximum absolute atomic E-state index is 11.9. The zero-order valence-corrected chi connectivity index (χ0v) is 15.1. The van der Waals surface area contributed by atoms with Crippen molar-refractivity contribution in [2.24, 2.45) is 5.73 Å². The number of carbonyl (C=O) groups excluding carboxylic acids is 1. The van der Waals surface area contributed by atoms with Gasteiger partial charge in [0, 0.05) is 17.0 Å². The number of fused-ring (bicyclic) bond motifs is 1. The Labute approximate surface area is 145 Å². The number of hydrogen-bond acceptors (Lipinski definition) is 2. The summed E-state index contributed by atoms with van der Waals surface area (Å²) in [7, 11) is 0. The van der Waals surface area contributed by atoms with Gasteiger partial charge in [0.05, 0.1) is 11.1 Å². The Morgan fingerprint density at radius 2 is 1.79 bits per heavy atom. The van der Waals surface area contributed by atoms with Crippen LogP contribution in [0.1, 0.15) is 87.2 Å². The average molecular weight is 326 g/mol. The number of aromatic nitrogens is 1. The predicted octanol–water partition coefficient (Wildman–Crippen LogP) is 5.58. The summed E-state index contributed by atoms with van der Waals surface area (Å²) in [6.07, 6.45) is 9.78. The van der Waals surface area contributed by atoms with Crippen LogP contribution in [0.25, 0.3) is 10.9 Å². The molecule has 2 rings (SSSR count). The first-order chi connectivity index (χ1) is 11.7. The number of para-hydroxylation sites is 1. The largest absolute Gasteiger partial charge is 0.366 e. The molecule has 2 N–H and O–H groups in total. The van der Waals surface area contributed by atoms with Gasteiger partial charge >= 0.3 is 0 Å². The zero-order chi connectivity index (χ0) is 17.4. The second-order valence-corrected chi connectivity index (χ2v) is 6.66. The Bertz CT molecular complexity index is 666. The van der Waals surface area contributed by atoms with Crippen molar-refractivity contribution < 1.29 is 4.79 Å². The standard InChI is InChI=1S/C21H30N2O/c1-3-5-6-7-8-12-16(11-4-2)20-15-18(21(22)24)17-13-9-10-14-19(17)23-20/h9-10,13-16H,3-8,11-12H2,1-2H3,(H2,22,24). The highest BCUT2D eigenvalue weighted by Gasteiger charge is 2.16. The van der Waals surface area contributed by atoms with E-state index in [9.17, 15) is 4.79 Å². The highest BCUT2D eigenvalue weighted by molar-refractivity contribution is 6.05. The summed E-state index contributed by atoms with van der Waals surface area (Å²) in [5.74, 6) is 0.0485. The van der Waals surface area contributed by atoms with Crippen LogP contribution in [-0.2, 0) is 0 Å². The van der Waals surface area contributed by atoms with E-state index in [1.165, 1.54) is 32.1 Å². The fourth-order valence-electron chi connectivity index (χ4n) is 3.39. The van der Waals surface area contributed by atoms with E-state index in [0.717, 1.165) is 35.9 Å². The second-order valence-electron chi connectivity index (χ2n) is 6.66. The second kappa shape index (κ2) is 9.41. The van der Waals surface area contributed by atoms with Crippen LogP contribution in [0.4, 0.5) is 0 Å². The topological polar surface area (TPSA) is 56.0 Å². The molecule has 0 aliphatic rings. The quantitative estimate of drug-likeness (QED) is 0.580. The van der Waals surface area contributed by atoms with Crippen molar-refractivity contribution in [3.63, 3.8) is 0 Å². The van der Waals surface area contributed by atoms with E-state index in [1.807, 2.05) is 30.3 Å². The molecule has 3 nitrogen and oxygen atoms in total. The molecule has 1 aromatic carbocycles. The molecule has 0 bridgehead atoms. The van der Waals surface area contributed by atoms with Crippen LogP contribution in [0.15, 0.2) is 30.3 Å². The third kappa shape index (κ3) is 4.80. The normalized spacial score (nSPS) is 12.4. The molecule has 0 saturated carbocycles. The summed E-state index contributed by atoms with van der Waals surface area (Å²) in [4.78, 5) is 16.7. The number of hydrogen-bond donors (Lipinski definition) is 1. The minimum Gasteiger partial charge on any atom is -0.366 e.